The summed E-state index contributed by atoms with van der Waals surface area (Å²) in [6.45, 7) is 4.27. The minimum Gasteiger partial charge on any atom is -0.335 e. The molecule has 0 atom stereocenters. The standard InChI is InChI=1S/C15H15N5OS2/c1-9-12(23-14(18-9)13-16-5-4-6-17-13)15(21)20(3)7-11-8-22-10(2)19-11/h4-6,8H,7H2,1-3H3. The molecule has 3 rings (SSSR count). The Bertz CT molecular complexity index is 828. The molecular weight excluding hydrogens is 330 g/mol. The van der Waals surface area contributed by atoms with Crippen LogP contribution in [0.2, 0.25) is 0 Å². The van der Waals surface area contributed by atoms with Crippen LogP contribution in [0, 0.1) is 13.8 Å². The summed E-state index contributed by atoms with van der Waals surface area (Å²) in [5, 5.41) is 3.63. The first-order chi connectivity index (χ1) is 11.0. The Balaban J connectivity index is 1.81. The molecule has 0 radical (unpaired) electrons. The number of aryl methyl sites for hydroxylation is 2. The van der Waals surface area contributed by atoms with Crippen molar-refractivity contribution in [3.63, 3.8) is 0 Å². The van der Waals surface area contributed by atoms with Crippen molar-refractivity contribution in [1.82, 2.24) is 24.8 Å². The van der Waals surface area contributed by atoms with Crippen molar-refractivity contribution in [3.8, 4) is 10.8 Å². The molecule has 0 aliphatic carbocycles. The van der Waals surface area contributed by atoms with E-state index in [-0.39, 0.29) is 5.91 Å². The van der Waals surface area contributed by atoms with E-state index in [0.717, 1.165) is 10.7 Å². The number of carbonyl (C=O) groups is 1. The van der Waals surface area contributed by atoms with Crippen LogP contribution in [0.15, 0.2) is 23.8 Å². The van der Waals surface area contributed by atoms with Crippen molar-refractivity contribution in [2.75, 3.05) is 7.05 Å². The lowest BCUT2D eigenvalue weighted by molar-refractivity contribution is 0.0787. The van der Waals surface area contributed by atoms with Gasteiger partial charge in [0.15, 0.2) is 10.8 Å². The molecule has 0 aromatic carbocycles. The van der Waals surface area contributed by atoms with Gasteiger partial charge in [-0.15, -0.1) is 22.7 Å². The predicted octanol–water partition coefficient (Wildman–Crippen LogP) is 2.95. The van der Waals surface area contributed by atoms with E-state index in [0.29, 0.717) is 27.9 Å². The maximum Gasteiger partial charge on any atom is 0.265 e. The molecule has 0 fully saturated rings. The van der Waals surface area contributed by atoms with Gasteiger partial charge in [0.2, 0.25) is 0 Å². The molecule has 0 aliphatic heterocycles. The SMILES string of the molecule is Cc1nc(CN(C)C(=O)c2sc(-c3ncccn3)nc2C)cs1. The molecule has 0 bridgehead atoms. The van der Waals surface area contributed by atoms with Crippen molar-refractivity contribution in [2.45, 2.75) is 20.4 Å². The van der Waals surface area contributed by atoms with Gasteiger partial charge in [-0.3, -0.25) is 4.79 Å². The smallest absolute Gasteiger partial charge is 0.265 e. The fourth-order valence-corrected chi connectivity index (χ4v) is 3.68. The number of thiazole rings is 2. The highest BCUT2D eigenvalue weighted by atomic mass is 32.1. The van der Waals surface area contributed by atoms with Gasteiger partial charge in [-0.25, -0.2) is 19.9 Å². The fraction of sp³-hybridized carbons (Fsp3) is 0.267. The number of amides is 1. The Morgan fingerprint density at radius 3 is 2.61 bits per heavy atom. The highest BCUT2D eigenvalue weighted by Crippen LogP contribution is 2.26. The van der Waals surface area contributed by atoms with E-state index in [1.807, 2.05) is 19.2 Å². The third-order valence-corrected chi connectivity index (χ3v) is 5.12. The van der Waals surface area contributed by atoms with E-state index in [9.17, 15) is 4.79 Å². The molecule has 0 saturated carbocycles. The van der Waals surface area contributed by atoms with Crippen molar-refractivity contribution in [3.05, 3.63) is 45.1 Å². The molecule has 0 aliphatic rings. The Morgan fingerprint density at radius 1 is 1.22 bits per heavy atom. The highest BCUT2D eigenvalue weighted by Gasteiger charge is 2.21. The molecule has 0 saturated heterocycles. The molecule has 118 valence electrons. The van der Waals surface area contributed by atoms with E-state index < -0.39 is 0 Å². The third-order valence-electron chi connectivity index (χ3n) is 3.16. The van der Waals surface area contributed by atoms with Gasteiger partial charge in [-0.1, -0.05) is 0 Å². The van der Waals surface area contributed by atoms with Crippen molar-refractivity contribution in [1.29, 1.82) is 0 Å². The quantitative estimate of drug-likeness (QED) is 0.727. The van der Waals surface area contributed by atoms with Gasteiger partial charge in [0.1, 0.15) is 4.88 Å². The summed E-state index contributed by atoms with van der Waals surface area (Å²) < 4.78 is 0. The second-order valence-electron chi connectivity index (χ2n) is 5.03. The number of hydrogen-bond donors (Lipinski definition) is 0. The summed E-state index contributed by atoms with van der Waals surface area (Å²) in [5.41, 5.74) is 1.60. The Kier molecular flexibility index (Phi) is 4.44. The Labute approximate surface area is 141 Å². The topological polar surface area (TPSA) is 71.9 Å². The zero-order valence-electron chi connectivity index (χ0n) is 13.0. The molecule has 8 heteroatoms. The highest BCUT2D eigenvalue weighted by molar-refractivity contribution is 7.17. The van der Waals surface area contributed by atoms with Gasteiger partial charge in [-0.2, -0.15) is 0 Å². The van der Waals surface area contributed by atoms with Crippen LogP contribution in [-0.2, 0) is 6.54 Å². The first-order valence-electron chi connectivity index (χ1n) is 6.96. The lowest BCUT2D eigenvalue weighted by Crippen LogP contribution is -2.26. The second-order valence-corrected chi connectivity index (χ2v) is 7.09. The minimum atomic E-state index is -0.0622. The van der Waals surface area contributed by atoms with Crippen LogP contribution in [0.1, 0.15) is 26.1 Å². The normalized spacial score (nSPS) is 10.7. The number of aromatic nitrogens is 4. The van der Waals surface area contributed by atoms with Gasteiger partial charge >= 0.3 is 0 Å². The van der Waals surface area contributed by atoms with Crippen molar-refractivity contribution >= 4 is 28.6 Å². The van der Waals surface area contributed by atoms with E-state index in [4.69, 9.17) is 0 Å². The molecule has 1 amide bonds. The van der Waals surface area contributed by atoms with Crippen LogP contribution in [0.4, 0.5) is 0 Å². The molecule has 3 aromatic rings. The van der Waals surface area contributed by atoms with Gasteiger partial charge in [-0.05, 0) is 19.9 Å². The van der Waals surface area contributed by atoms with Gasteiger partial charge in [0, 0.05) is 24.8 Å². The van der Waals surface area contributed by atoms with Crippen LogP contribution in [0.5, 0.6) is 0 Å². The van der Waals surface area contributed by atoms with Crippen molar-refractivity contribution in [2.24, 2.45) is 0 Å². The second kappa shape index (κ2) is 6.51. The van der Waals surface area contributed by atoms with Gasteiger partial charge in [0.25, 0.3) is 5.91 Å². The summed E-state index contributed by atoms with van der Waals surface area (Å²) in [6.07, 6.45) is 3.33. The molecule has 0 N–H and O–H groups in total. The zero-order chi connectivity index (χ0) is 16.4. The van der Waals surface area contributed by atoms with E-state index in [2.05, 4.69) is 19.9 Å². The molecule has 23 heavy (non-hydrogen) atoms. The van der Waals surface area contributed by atoms with Gasteiger partial charge in [0.05, 0.1) is 22.9 Å². The molecule has 3 aromatic heterocycles. The summed E-state index contributed by atoms with van der Waals surface area (Å²) in [5.74, 6) is 0.477. The Hall–Kier alpha value is -2.19. The fourth-order valence-electron chi connectivity index (χ4n) is 2.07. The monoisotopic (exact) mass is 345 g/mol. The third kappa shape index (κ3) is 3.43. The summed E-state index contributed by atoms with van der Waals surface area (Å²) in [4.78, 5) is 32.1. The number of hydrogen-bond acceptors (Lipinski definition) is 7. The maximum atomic E-state index is 12.7. The summed E-state index contributed by atoms with van der Waals surface area (Å²) >= 11 is 2.90. The average Bonchev–Trinajstić information content (AvgIpc) is 3.13. The number of carbonyl (C=O) groups excluding carboxylic acids is 1. The Morgan fingerprint density at radius 2 is 1.96 bits per heavy atom. The van der Waals surface area contributed by atoms with Crippen LogP contribution >= 0.6 is 22.7 Å². The summed E-state index contributed by atoms with van der Waals surface area (Å²) in [6, 6.07) is 1.75. The van der Waals surface area contributed by atoms with Crippen LogP contribution < -0.4 is 0 Å². The summed E-state index contributed by atoms with van der Waals surface area (Å²) in [7, 11) is 1.77. The first-order valence-corrected chi connectivity index (χ1v) is 8.65. The van der Waals surface area contributed by atoms with Crippen LogP contribution in [0.3, 0.4) is 0 Å². The van der Waals surface area contributed by atoms with Crippen LogP contribution in [-0.4, -0.2) is 37.8 Å². The molecule has 3 heterocycles. The average molecular weight is 345 g/mol. The van der Waals surface area contributed by atoms with E-state index in [1.54, 1.807) is 41.7 Å². The van der Waals surface area contributed by atoms with Gasteiger partial charge < -0.3 is 4.90 Å². The zero-order valence-corrected chi connectivity index (χ0v) is 14.6. The first kappa shape index (κ1) is 15.7. The van der Waals surface area contributed by atoms with E-state index in [1.165, 1.54) is 11.3 Å². The van der Waals surface area contributed by atoms with Crippen LogP contribution in [0.25, 0.3) is 10.8 Å². The number of nitrogens with zero attached hydrogens (tertiary/aromatic N) is 5. The van der Waals surface area contributed by atoms with E-state index >= 15 is 0 Å². The van der Waals surface area contributed by atoms with Crippen molar-refractivity contribution < 1.29 is 4.79 Å². The molecule has 6 nitrogen and oxygen atoms in total. The lowest BCUT2D eigenvalue weighted by Gasteiger charge is -2.14. The molecular formula is C15H15N5OS2. The maximum absolute atomic E-state index is 12.7. The largest absolute Gasteiger partial charge is 0.335 e. The minimum absolute atomic E-state index is 0.0622. The lowest BCUT2D eigenvalue weighted by atomic mass is 10.3. The number of rotatable bonds is 4. The predicted molar refractivity (Wildman–Crippen MR) is 90.5 cm³/mol. The molecule has 0 unspecified atom stereocenters. The molecule has 0 spiro atoms.